The van der Waals surface area contributed by atoms with Crippen LogP contribution in [0.25, 0.3) is 10.9 Å². The monoisotopic (exact) mass is 270 g/mol. The molecule has 0 aliphatic rings. The number of aromatic hydroxyl groups is 1. The van der Waals surface area contributed by atoms with Crippen molar-refractivity contribution in [1.82, 2.24) is 4.98 Å². The van der Waals surface area contributed by atoms with Crippen molar-refractivity contribution in [2.24, 2.45) is 4.99 Å². The predicted molar refractivity (Wildman–Crippen MR) is 78.7 cm³/mol. The summed E-state index contributed by atoms with van der Waals surface area (Å²) in [4.78, 5) is 7.23. The van der Waals surface area contributed by atoms with E-state index in [0.717, 1.165) is 10.9 Å². The van der Waals surface area contributed by atoms with E-state index in [0.29, 0.717) is 16.3 Å². The molecule has 3 rings (SSSR count). The highest BCUT2D eigenvalue weighted by molar-refractivity contribution is 6.33. The number of aromatic nitrogens is 1. The smallest absolute Gasteiger partial charge is 0.198 e. The van der Waals surface area contributed by atoms with Crippen LogP contribution in [-0.2, 0) is 0 Å². The van der Waals surface area contributed by atoms with Crippen molar-refractivity contribution < 1.29 is 5.11 Å². The van der Waals surface area contributed by atoms with Crippen molar-refractivity contribution in [2.75, 3.05) is 0 Å². The Morgan fingerprint density at radius 2 is 1.79 bits per heavy atom. The molecule has 3 nitrogen and oxygen atoms in total. The normalized spacial score (nSPS) is 11.4. The summed E-state index contributed by atoms with van der Waals surface area (Å²) in [6.45, 7) is 0. The van der Waals surface area contributed by atoms with Crippen LogP contribution in [-0.4, -0.2) is 16.3 Å². The van der Waals surface area contributed by atoms with E-state index in [4.69, 9.17) is 11.6 Å². The van der Waals surface area contributed by atoms with Crippen LogP contribution in [0.1, 0.15) is 5.56 Å². The predicted octanol–water partition coefficient (Wildman–Crippen LogP) is 4.28. The lowest BCUT2D eigenvalue weighted by atomic mass is 10.2. The third-order valence-corrected chi connectivity index (χ3v) is 3.23. The van der Waals surface area contributed by atoms with Gasteiger partial charge in [-0.05, 0) is 18.2 Å². The molecule has 0 aliphatic heterocycles. The number of nitrogens with zero attached hydrogens (tertiary/aromatic N) is 1. The molecular weight excluding hydrogens is 260 g/mol. The molecule has 0 unspecified atom stereocenters. The summed E-state index contributed by atoms with van der Waals surface area (Å²) in [5.74, 6) is 0.108. The van der Waals surface area contributed by atoms with Gasteiger partial charge >= 0.3 is 0 Å². The highest BCUT2D eigenvalue weighted by Gasteiger charge is 2.07. The van der Waals surface area contributed by atoms with Gasteiger partial charge in [0.1, 0.15) is 0 Å². The third kappa shape index (κ3) is 2.20. The van der Waals surface area contributed by atoms with Gasteiger partial charge in [-0.15, -0.1) is 0 Å². The van der Waals surface area contributed by atoms with E-state index in [1.807, 2.05) is 42.5 Å². The Bertz CT molecular complexity index is 762. The van der Waals surface area contributed by atoms with Crippen molar-refractivity contribution in [3.63, 3.8) is 0 Å². The number of aliphatic imine (C=N–C) groups is 1. The molecule has 1 heterocycles. The number of H-pyrrole nitrogens is 1. The third-order valence-electron chi connectivity index (χ3n) is 2.91. The first-order valence-corrected chi connectivity index (χ1v) is 6.22. The number of rotatable bonds is 2. The van der Waals surface area contributed by atoms with E-state index in [2.05, 4.69) is 9.98 Å². The molecule has 1 aromatic heterocycles. The fourth-order valence-corrected chi connectivity index (χ4v) is 2.16. The minimum atomic E-state index is 0.108. The average molecular weight is 271 g/mol. The van der Waals surface area contributed by atoms with Crippen molar-refractivity contribution >= 4 is 34.4 Å². The number of benzene rings is 2. The SMILES string of the molecule is Oc1[nH]c2ccccc2c1C=Nc1ccccc1Cl. The van der Waals surface area contributed by atoms with E-state index < -0.39 is 0 Å². The molecule has 2 N–H and O–H groups in total. The number of nitrogens with one attached hydrogen (secondary N) is 1. The Hall–Kier alpha value is -2.26. The summed E-state index contributed by atoms with van der Waals surface area (Å²) in [5.41, 5.74) is 2.21. The van der Waals surface area contributed by atoms with Crippen molar-refractivity contribution in [2.45, 2.75) is 0 Å². The number of halogens is 1. The molecule has 0 bridgehead atoms. The summed E-state index contributed by atoms with van der Waals surface area (Å²) in [6.07, 6.45) is 1.62. The van der Waals surface area contributed by atoms with Gasteiger partial charge in [0.2, 0.25) is 0 Å². The zero-order valence-corrected chi connectivity index (χ0v) is 10.7. The van der Waals surface area contributed by atoms with Gasteiger partial charge in [-0.1, -0.05) is 41.9 Å². The fourth-order valence-electron chi connectivity index (χ4n) is 1.97. The van der Waals surface area contributed by atoms with Gasteiger partial charge in [-0.25, -0.2) is 0 Å². The molecule has 0 amide bonds. The van der Waals surface area contributed by atoms with Crippen LogP contribution in [0, 0.1) is 0 Å². The van der Waals surface area contributed by atoms with Gasteiger partial charge in [-0.3, -0.25) is 4.99 Å². The second-order valence-electron chi connectivity index (χ2n) is 4.14. The van der Waals surface area contributed by atoms with Crippen LogP contribution in [0.4, 0.5) is 5.69 Å². The molecule has 0 saturated carbocycles. The second kappa shape index (κ2) is 4.78. The van der Waals surface area contributed by atoms with Gasteiger partial charge in [0.15, 0.2) is 5.88 Å². The highest BCUT2D eigenvalue weighted by atomic mass is 35.5. The molecule has 0 radical (unpaired) electrons. The summed E-state index contributed by atoms with van der Waals surface area (Å²) >= 11 is 6.04. The fraction of sp³-hybridized carbons (Fsp3) is 0. The maximum absolute atomic E-state index is 9.90. The molecule has 0 aliphatic carbocycles. The number of para-hydroxylation sites is 2. The molecule has 2 aromatic carbocycles. The Balaban J connectivity index is 2.06. The van der Waals surface area contributed by atoms with Gasteiger partial charge < -0.3 is 10.1 Å². The molecule has 0 saturated heterocycles. The Morgan fingerprint density at radius 1 is 1.05 bits per heavy atom. The lowest BCUT2D eigenvalue weighted by Crippen LogP contribution is -1.79. The summed E-state index contributed by atoms with van der Waals surface area (Å²) in [6, 6.07) is 15.0. The van der Waals surface area contributed by atoms with E-state index in [-0.39, 0.29) is 5.88 Å². The van der Waals surface area contributed by atoms with Crippen LogP contribution in [0.3, 0.4) is 0 Å². The van der Waals surface area contributed by atoms with Crippen molar-refractivity contribution in [1.29, 1.82) is 0 Å². The number of hydrogen-bond donors (Lipinski definition) is 2. The zero-order valence-electron chi connectivity index (χ0n) is 9.97. The lowest BCUT2D eigenvalue weighted by Gasteiger charge is -1.96. The number of aromatic amines is 1. The first kappa shape index (κ1) is 11.8. The molecular formula is C15H11ClN2O. The van der Waals surface area contributed by atoms with Crippen LogP contribution in [0.2, 0.25) is 5.02 Å². The Kier molecular flexibility index (Phi) is 2.97. The number of fused-ring (bicyclic) bond motifs is 1. The van der Waals surface area contributed by atoms with Gasteiger partial charge in [0.05, 0.1) is 16.3 Å². The van der Waals surface area contributed by atoms with Crippen LogP contribution in [0.15, 0.2) is 53.5 Å². The molecule has 0 spiro atoms. The van der Waals surface area contributed by atoms with E-state index in [1.54, 1.807) is 12.3 Å². The van der Waals surface area contributed by atoms with E-state index >= 15 is 0 Å². The van der Waals surface area contributed by atoms with Crippen molar-refractivity contribution in [3.8, 4) is 5.88 Å². The Morgan fingerprint density at radius 3 is 2.63 bits per heavy atom. The minimum absolute atomic E-state index is 0.108. The summed E-state index contributed by atoms with van der Waals surface area (Å²) < 4.78 is 0. The second-order valence-corrected chi connectivity index (χ2v) is 4.55. The molecule has 3 aromatic rings. The quantitative estimate of drug-likeness (QED) is 0.671. The van der Waals surface area contributed by atoms with Gasteiger partial charge in [0.25, 0.3) is 0 Å². The van der Waals surface area contributed by atoms with Gasteiger partial charge in [-0.2, -0.15) is 0 Å². The highest BCUT2D eigenvalue weighted by Crippen LogP contribution is 2.27. The van der Waals surface area contributed by atoms with Crippen LogP contribution in [0.5, 0.6) is 5.88 Å². The maximum atomic E-state index is 9.90. The average Bonchev–Trinajstić information content (AvgIpc) is 2.74. The molecule has 0 fully saturated rings. The zero-order chi connectivity index (χ0) is 13.2. The molecule has 19 heavy (non-hydrogen) atoms. The largest absolute Gasteiger partial charge is 0.494 e. The van der Waals surface area contributed by atoms with E-state index in [9.17, 15) is 5.11 Å². The molecule has 4 heteroatoms. The van der Waals surface area contributed by atoms with Gasteiger partial charge in [0, 0.05) is 17.1 Å². The summed E-state index contributed by atoms with van der Waals surface area (Å²) in [7, 11) is 0. The van der Waals surface area contributed by atoms with Crippen LogP contribution >= 0.6 is 11.6 Å². The van der Waals surface area contributed by atoms with Crippen molar-refractivity contribution in [3.05, 3.63) is 59.1 Å². The first-order chi connectivity index (χ1) is 9.25. The lowest BCUT2D eigenvalue weighted by molar-refractivity contribution is 0.457. The molecule has 0 atom stereocenters. The topological polar surface area (TPSA) is 48.4 Å². The molecule has 94 valence electrons. The summed E-state index contributed by atoms with van der Waals surface area (Å²) in [5, 5.41) is 11.4. The Labute approximate surface area is 115 Å². The standard InChI is InChI=1S/C15H11ClN2O/c16-12-6-2-4-8-14(12)17-9-11-10-5-1-3-7-13(10)18-15(11)19/h1-9,18-19H. The van der Waals surface area contributed by atoms with E-state index in [1.165, 1.54) is 0 Å². The number of hydrogen-bond acceptors (Lipinski definition) is 2. The first-order valence-electron chi connectivity index (χ1n) is 5.84. The maximum Gasteiger partial charge on any atom is 0.198 e. The minimum Gasteiger partial charge on any atom is -0.494 e. The van der Waals surface area contributed by atoms with Crippen LogP contribution < -0.4 is 0 Å².